The van der Waals surface area contributed by atoms with E-state index in [-0.39, 0.29) is 17.6 Å². The Morgan fingerprint density at radius 3 is 2.55 bits per heavy atom. The monoisotopic (exact) mass is 546 g/mol. The van der Waals surface area contributed by atoms with E-state index in [4.69, 9.17) is 28.6 Å². The Labute approximate surface area is 231 Å². The van der Waals surface area contributed by atoms with Crippen molar-refractivity contribution < 1.29 is 14.6 Å². The number of aromatic carboxylic acids is 1. The highest BCUT2D eigenvalue weighted by Crippen LogP contribution is 2.45. The van der Waals surface area contributed by atoms with E-state index in [0.29, 0.717) is 15.9 Å². The van der Waals surface area contributed by atoms with Crippen LogP contribution < -0.4 is 15.0 Å². The van der Waals surface area contributed by atoms with Crippen LogP contribution in [0.5, 0.6) is 5.75 Å². The van der Waals surface area contributed by atoms with Gasteiger partial charge in [-0.05, 0) is 92.6 Å². The van der Waals surface area contributed by atoms with Crippen LogP contribution in [-0.4, -0.2) is 32.8 Å². The third-order valence-electron chi connectivity index (χ3n) is 7.00. The molecular formula is C29H27ClN4O3S. The zero-order chi connectivity index (χ0) is 27.1. The van der Waals surface area contributed by atoms with Gasteiger partial charge in [-0.1, -0.05) is 23.7 Å². The van der Waals surface area contributed by atoms with Crippen molar-refractivity contribution in [1.29, 1.82) is 0 Å². The molecule has 1 saturated heterocycles. The molecule has 0 aliphatic carbocycles. The smallest absolute Gasteiger partial charge is 0.335 e. The van der Waals surface area contributed by atoms with Gasteiger partial charge in [0.1, 0.15) is 5.75 Å². The van der Waals surface area contributed by atoms with Crippen molar-refractivity contribution in [1.82, 2.24) is 14.9 Å². The van der Waals surface area contributed by atoms with Crippen molar-refractivity contribution in [2.24, 2.45) is 0 Å². The summed E-state index contributed by atoms with van der Waals surface area (Å²) in [4.78, 5) is 18.4. The average Bonchev–Trinajstić information content (AvgIpc) is 3.39. The molecule has 194 valence electrons. The average molecular weight is 547 g/mol. The number of methoxy groups -OCH3 is 1. The SMILES string of the molecule is COc1ccc(N2C(=S)N[C@H](c3ccccn3)[C@H]2c2cc(C)n(-c3cc(C(=O)O)ccc3C)c2C)cc1Cl. The molecule has 2 atom stereocenters. The second-order valence-electron chi connectivity index (χ2n) is 9.28. The summed E-state index contributed by atoms with van der Waals surface area (Å²) in [6, 6.07) is 18.3. The van der Waals surface area contributed by atoms with Crippen molar-refractivity contribution in [2.45, 2.75) is 32.9 Å². The second-order valence-corrected chi connectivity index (χ2v) is 10.1. The lowest BCUT2D eigenvalue weighted by molar-refractivity contribution is 0.0697. The van der Waals surface area contributed by atoms with Crippen LogP contribution in [0.1, 0.15) is 50.7 Å². The van der Waals surface area contributed by atoms with Gasteiger partial charge in [-0.25, -0.2) is 4.79 Å². The van der Waals surface area contributed by atoms with Crippen molar-refractivity contribution >= 4 is 40.6 Å². The van der Waals surface area contributed by atoms with E-state index >= 15 is 0 Å². The van der Waals surface area contributed by atoms with E-state index in [9.17, 15) is 9.90 Å². The third kappa shape index (κ3) is 4.40. The number of anilines is 1. The van der Waals surface area contributed by atoms with Gasteiger partial charge in [0.25, 0.3) is 0 Å². The summed E-state index contributed by atoms with van der Waals surface area (Å²) in [5.41, 5.74) is 6.73. The minimum absolute atomic E-state index is 0.232. The molecule has 4 aromatic rings. The summed E-state index contributed by atoms with van der Waals surface area (Å²) in [5, 5.41) is 14.1. The van der Waals surface area contributed by atoms with Gasteiger partial charge in [-0.3, -0.25) is 4.98 Å². The number of aryl methyl sites for hydroxylation is 2. The minimum atomic E-state index is -0.961. The first kappa shape index (κ1) is 25.8. The summed E-state index contributed by atoms with van der Waals surface area (Å²) < 4.78 is 7.47. The maximum absolute atomic E-state index is 11.7. The second kappa shape index (κ2) is 10.1. The number of hydrogen-bond acceptors (Lipinski definition) is 4. The summed E-state index contributed by atoms with van der Waals surface area (Å²) in [7, 11) is 1.58. The number of thiocarbonyl (C=S) groups is 1. The van der Waals surface area contributed by atoms with E-state index in [2.05, 4.69) is 25.8 Å². The largest absolute Gasteiger partial charge is 0.495 e. The highest BCUT2D eigenvalue weighted by atomic mass is 35.5. The van der Waals surface area contributed by atoms with Crippen molar-refractivity contribution in [3.8, 4) is 11.4 Å². The molecule has 2 N–H and O–H groups in total. The summed E-state index contributed by atoms with van der Waals surface area (Å²) in [6.07, 6.45) is 1.77. The zero-order valence-corrected chi connectivity index (χ0v) is 23.0. The maximum atomic E-state index is 11.7. The molecule has 0 saturated carbocycles. The zero-order valence-electron chi connectivity index (χ0n) is 21.4. The Morgan fingerprint density at radius 1 is 1.11 bits per heavy atom. The van der Waals surface area contributed by atoms with E-state index in [1.165, 1.54) is 0 Å². The molecular weight excluding hydrogens is 520 g/mol. The van der Waals surface area contributed by atoms with Crippen molar-refractivity contribution in [3.63, 3.8) is 0 Å². The Hall–Kier alpha value is -3.88. The molecule has 5 rings (SSSR count). The fourth-order valence-electron chi connectivity index (χ4n) is 5.20. The normalized spacial score (nSPS) is 17.0. The fourth-order valence-corrected chi connectivity index (χ4v) is 5.79. The number of hydrogen-bond donors (Lipinski definition) is 2. The highest BCUT2D eigenvalue weighted by Gasteiger charge is 2.42. The molecule has 7 nitrogen and oxygen atoms in total. The van der Waals surface area contributed by atoms with Gasteiger partial charge in [-0.15, -0.1) is 0 Å². The summed E-state index contributed by atoms with van der Waals surface area (Å²) >= 11 is 12.4. The molecule has 0 bridgehead atoms. The fraction of sp³-hybridized carbons (Fsp3) is 0.207. The predicted octanol–water partition coefficient (Wildman–Crippen LogP) is 6.33. The van der Waals surface area contributed by atoms with E-state index in [1.54, 1.807) is 25.4 Å². The van der Waals surface area contributed by atoms with Gasteiger partial charge in [-0.2, -0.15) is 0 Å². The van der Waals surface area contributed by atoms with E-state index < -0.39 is 5.97 Å². The first-order valence-electron chi connectivity index (χ1n) is 12.1. The van der Waals surface area contributed by atoms with Crippen LogP contribution in [0.25, 0.3) is 5.69 Å². The molecule has 2 aromatic carbocycles. The number of ether oxygens (including phenoxy) is 1. The first-order valence-corrected chi connectivity index (χ1v) is 12.9. The highest BCUT2D eigenvalue weighted by molar-refractivity contribution is 7.80. The number of pyridine rings is 1. The van der Waals surface area contributed by atoms with E-state index in [1.807, 2.05) is 63.2 Å². The van der Waals surface area contributed by atoms with Crippen molar-refractivity contribution in [2.75, 3.05) is 12.0 Å². The van der Waals surface area contributed by atoms with E-state index in [0.717, 1.165) is 39.6 Å². The molecule has 0 amide bonds. The van der Waals surface area contributed by atoms with Crippen molar-refractivity contribution in [3.05, 3.63) is 106 Å². The molecule has 9 heteroatoms. The standard InChI is InChI=1S/C29H27ClN4O3S/c1-16-8-9-19(28(35)36)14-24(16)33-17(2)13-21(18(33)3)27-26(23-7-5-6-12-31-23)32-29(38)34(27)20-10-11-25(37-4)22(30)15-20/h5-15,26-27H,1-4H3,(H,32,38)(H,35,36)/t26-,27-/m1/s1. The number of nitrogens with zero attached hydrogens (tertiary/aromatic N) is 3. The summed E-state index contributed by atoms with van der Waals surface area (Å²) in [6.45, 7) is 6.05. The third-order valence-corrected chi connectivity index (χ3v) is 7.61. The Balaban J connectivity index is 1.70. The van der Waals surface area contributed by atoms with Gasteiger partial charge in [0, 0.05) is 29.0 Å². The lowest BCUT2D eigenvalue weighted by atomic mass is 9.96. The molecule has 2 aromatic heterocycles. The lowest BCUT2D eigenvalue weighted by Gasteiger charge is -2.28. The Kier molecular flexibility index (Phi) is 6.86. The molecule has 0 spiro atoms. The molecule has 0 radical (unpaired) electrons. The molecule has 38 heavy (non-hydrogen) atoms. The number of benzene rings is 2. The van der Waals surface area contributed by atoms with Crippen LogP contribution in [0.2, 0.25) is 5.02 Å². The van der Waals surface area contributed by atoms with Gasteiger partial charge < -0.3 is 24.6 Å². The van der Waals surface area contributed by atoms with Gasteiger partial charge in [0.2, 0.25) is 0 Å². The number of halogens is 1. The molecule has 1 aliphatic heterocycles. The minimum Gasteiger partial charge on any atom is -0.495 e. The molecule has 1 fully saturated rings. The molecule has 1 aliphatic rings. The molecule has 3 heterocycles. The number of carbonyl (C=O) groups is 1. The lowest BCUT2D eigenvalue weighted by Crippen LogP contribution is -2.29. The predicted molar refractivity (Wildman–Crippen MR) is 153 cm³/mol. The number of carboxylic acids is 1. The van der Waals surface area contributed by atoms with Crippen LogP contribution in [0.15, 0.2) is 66.9 Å². The van der Waals surface area contributed by atoms with Crippen LogP contribution in [0, 0.1) is 20.8 Å². The van der Waals surface area contributed by atoms with Gasteiger partial charge >= 0.3 is 5.97 Å². The van der Waals surface area contributed by atoms with Crippen LogP contribution in [0.3, 0.4) is 0 Å². The number of aromatic nitrogens is 2. The van der Waals surface area contributed by atoms with Gasteiger partial charge in [0.05, 0.1) is 35.5 Å². The maximum Gasteiger partial charge on any atom is 0.335 e. The molecule has 0 unspecified atom stereocenters. The van der Waals surface area contributed by atoms with Gasteiger partial charge in [0.15, 0.2) is 5.11 Å². The van der Waals surface area contributed by atoms with Crippen LogP contribution in [-0.2, 0) is 0 Å². The van der Waals surface area contributed by atoms with Crippen LogP contribution in [0.4, 0.5) is 5.69 Å². The Morgan fingerprint density at radius 2 is 1.89 bits per heavy atom. The topological polar surface area (TPSA) is 79.6 Å². The Bertz CT molecular complexity index is 1550. The van der Waals surface area contributed by atoms with Crippen LogP contribution >= 0.6 is 23.8 Å². The first-order chi connectivity index (χ1) is 18.2. The summed E-state index contributed by atoms with van der Waals surface area (Å²) in [5.74, 6) is -0.379. The number of carboxylic acid groups (broad SMARTS) is 1. The number of nitrogens with one attached hydrogen (secondary N) is 1. The number of rotatable bonds is 6. The quantitative estimate of drug-likeness (QED) is 0.273.